The normalized spacial score (nSPS) is 10.6. The number of hydrogen-bond acceptors (Lipinski definition) is 4. The molecule has 0 aliphatic heterocycles. The van der Waals surface area contributed by atoms with Crippen molar-refractivity contribution in [3.05, 3.63) is 45.9 Å². The first-order chi connectivity index (χ1) is 7.63. The lowest BCUT2D eigenvalue weighted by Gasteiger charge is -2.04. The lowest BCUT2D eigenvalue weighted by Crippen LogP contribution is -2.04. The molecule has 6 heteroatoms. The Morgan fingerprint density at radius 1 is 1.50 bits per heavy atom. The number of rotatable bonds is 2. The van der Waals surface area contributed by atoms with Crippen LogP contribution in [-0.4, -0.2) is 9.91 Å². The molecule has 0 bridgehead atoms. The zero-order chi connectivity index (χ0) is 11.7. The van der Waals surface area contributed by atoms with E-state index in [1.165, 1.54) is 18.2 Å². The van der Waals surface area contributed by atoms with Gasteiger partial charge in [-0.2, -0.15) is 0 Å². The molecule has 0 atom stereocenters. The fraction of sp³-hybridized carbons (Fsp3) is 0.100. The summed E-state index contributed by atoms with van der Waals surface area (Å²) in [6, 6.07) is 3.92. The van der Waals surface area contributed by atoms with E-state index in [2.05, 4.69) is 4.98 Å². The maximum atomic E-state index is 13.0. The van der Waals surface area contributed by atoms with Gasteiger partial charge in [-0.05, 0) is 18.2 Å². The summed E-state index contributed by atoms with van der Waals surface area (Å²) in [7, 11) is 0. The van der Waals surface area contributed by atoms with Crippen LogP contribution in [0.15, 0.2) is 24.4 Å². The molecule has 0 amide bonds. The fourth-order valence-electron chi connectivity index (χ4n) is 1.58. The molecular weight excluding hydrogens is 213 g/mol. The van der Waals surface area contributed by atoms with Crippen molar-refractivity contribution in [3.63, 3.8) is 0 Å². The third-order valence-electron chi connectivity index (χ3n) is 2.32. The van der Waals surface area contributed by atoms with Crippen LogP contribution in [0.1, 0.15) is 5.56 Å². The number of halogens is 1. The predicted molar refractivity (Wildman–Crippen MR) is 56.2 cm³/mol. The van der Waals surface area contributed by atoms with Gasteiger partial charge in [0.1, 0.15) is 12.0 Å². The number of fused-ring (bicyclic) bond motifs is 1. The van der Waals surface area contributed by atoms with E-state index in [0.29, 0.717) is 16.5 Å². The molecule has 5 nitrogen and oxygen atoms in total. The summed E-state index contributed by atoms with van der Waals surface area (Å²) in [6.07, 6.45) is 1.14. The summed E-state index contributed by atoms with van der Waals surface area (Å²) >= 11 is 0. The average molecular weight is 221 g/mol. The van der Waals surface area contributed by atoms with Crippen LogP contribution in [0.2, 0.25) is 0 Å². The van der Waals surface area contributed by atoms with E-state index in [1.807, 2.05) is 0 Å². The number of hydrogen-bond donors (Lipinski definition) is 1. The number of nitro groups is 1. The molecule has 0 spiro atoms. The molecule has 0 saturated carbocycles. The first-order valence-corrected chi connectivity index (χ1v) is 4.55. The zero-order valence-corrected chi connectivity index (χ0v) is 8.18. The van der Waals surface area contributed by atoms with Crippen molar-refractivity contribution in [3.8, 4) is 0 Å². The molecule has 0 fully saturated rings. The van der Waals surface area contributed by atoms with Crippen LogP contribution in [0.3, 0.4) is 0 Å². The first kappa shape index (κ1) is 10.4. The third kappa shape index (κ3) is 1.59. The molecule has 0 unspecified atom stereocenters. The van der Waals surface area contributed by atoms with E-state index in [4.69, 9.17) is 5.73 Å². The van der Waals surface area contributed by atoms with Gasteiger partial charge >= 0.3 is 0 Å². The standard InChI is InChI=1S/C10H8FN3O2/c11-6-1-2-9-7(3-6)8(4-12)10(5-13-9)14(15)16/h1-3,5H,4,12H2. The van der Waals surface area contributed by atoms with E-state index in [9.17, 15) is 14.5 Å². The van der Waals surface area contributed by atoms with Gasteiger partial charge in [0.25, 0.3) is 5.69 Å². The van der Waals surface area contributed by atoms with Gasteiger partial charge in [-0.15, -0.1) is 0 Å². The van der Waals surface area contributed by atoms with E-state index >= 15 is 0 Å². The maximum absolute atomic E-state index is 13.0. The summed E-state index contributed by atoms with van der Waals surface area (Å²) in [5.41, 5.74) is 6.06. The highest BCUT2D eigenvalue weighted by Gasteiger charge is 2.16. The van der Waals surface area contributed by atoms with Gasteiger partial charge in [0, 0.05) is 11.9 Å². The fourth-order valence-corrected chi connectivity index (χ4v) is 1.58. The van der Waals surface area contributed by atoms with E-state index < -0.39 is 10.7 Å². The third-order valence-corrected chi connectivity index (χ3v) is 2.32. The minimum absolute atomic E-state index is 0.0290. The number of nitrogens with zero attached hydrogens (tertiary/aromatic N) is 2. The topological polar surface area (TPSA) is 82.0 Å². The van der Waals surface area contributed by atoms with Crippen LogP contribution in [0, 0.1) is 15.9 Å². The number of nitrogens with two attached hydrogens (primary N) is 1. The average Bonchev–Trinajstić information content (AvgIpc) is 2.27. The van der Waals surface area contributed by atoms with Gasteiger partial charge in [0.05, 0.1) is 16.0 Å². The van der Waals surface area contributed by atoms with Crippen molar-refractivity contribution < 1.29 is 9.31 Å². The van der Waals surface area contributed by atoms with Crippen molar-refractivity contribution in [2.24, 2.45) is 5.73 Å². The molecule has 1 aromatic carbocycles. The minimum atomic E-state index is -0.570. The van der Waals surface area contributed by atoms with Crippen LogP contribution in [0.25, 0.3) is 10.9 Å². The molecule has 16 heavy (non-hydrogen) atoms. The highest BCUT2D eigenvalue weighted by atomic mass is 19.1. The lowest BCUT2D eigenvalue weighted by molar-refractivity contribution is -0.385. The van der Waals surface area contributed by atoms with Crippen LogP contribution >= 0.6 is 0 Å². The summed E-state index contributed by atoms with van der Waals surface area (Å²) in [6.45, 7) is -0.0290. The minimum Gasteiger partial charge on any atom is -0.326 e. The predicted octanol–water partition coefficient (Wildman–Crippen LogP) is 1.74. The molecule has 82 valence electrons. The van der Waals surface area contributed by atoms with Crippen molar-refractivity contribution in [2.75, 3.05) is 0 Å². The smallest absolute Gasteiger partial charge is 0.292 e. The van der Waals surface area contributed by atoms with E-state index in [-0.39, 0.29) is 12.2 Å². The Labute approximate surface area is 89.9 Å². The van der Waals surface area contributed by atoms with Crippen molar-refractivity contribution >= 4 is 16.6 Å². The van der Waals surface area contributed by atoms with Gasteiger partial charge < -0.3 is 5.73 Å². The highest BCUT2D eigenvalue weighted by Crippen LogP contribution is 2.25. The lowest BCUT2D eigenvalue weighted by atomic mass is 10.1. The van der Waals surface area contributed by atoms with Crippen LogP contribution in [-0.2, 0) is 6.54 Å². The largest absolute Gasteiger partial charge is 0.326 e. The molecule has 0 saturated heterocycles. The summed E-state index contributed by atoms with van der Waals surface area (Å²) in [5, 5.41) is 11.1. The Bertz CT molecular complexity index is 571. The molecule has 1 aromatic heterocycles. The van der Waals surface area contributed by atoms with Crippen molar-refractivity contribution in [1.29, 1.82) is 0 Å². The molecule has 1 heterocycles. The Kier molecular flexibility index (Phi) is 2.49. The van der Waals surface area contributed by atoms with Crippen molar-refractivity contribution in [2.45, 2.75) is 6.54 Å². The SMILES string of the molecule is NCc1c([N+](=O)[O-])cnc2ccc(F)cc12. The second kappa shape index (κ2) is 3.82. The Morgan fingerprint density at radius 3 is 2.88 bits per heavy atom. The summed E-state index contributed by atoms with van der Waals surface area (Å²) < 4.78 is 13.0. The Hall–Kier alpha value is -2.08. The van der Waals surface area contributed by atoms with Gasteiger partial charge in [-0.3, -0.25) is 10.1 Å². The summed E-state index contributed by atoms with van der Waals surface area (Å²) in [4.78, 5) is 14.0. The molecule has 2 rings (SSSR count). The number of benzene rings is 1. The highest BCUT2D eigenvalue weighted by molar-refractivity contribution is 5.85. The number of pyridine rings is 1. The van der Waals surface area contributed by atoms with Crippen molar-refractivity contribution in [1.82, 2.24) is 4.98 Å². The molecule has 0 aliphatic rings. The monoisotopic (exact) mass is 221 g/mol. The Morgan fingerprint density at radius 2 is 2.25 bits per heavy atom. The van der Waals surface area contributed by atoms with E-state index in [0.717, 1.165) is 6.20 Å². The van der Waals surface area contributed by atoms with Gasteiger partial charge in [0.2, 0.25) is 0 Å². The van der Waals surface area contributed by atoms with Gasteiger partial charge in [0.15, 0.2) is 0 Å². The second-order valence-corrected chi connectivity index (χ2v) is 3.24. The summed E-state index contributed by atoms with van der Waals surface area (Å²) in [5.74, 6) is -0.468. The second-order valence-electron chi connectivity index (χ2n) is 3.24. The van der Waals surface area contributed by atoms with Crippen LogP contribution in [0.4, 0.5) is 10.1 Å². The molecule has 2 N–H and O–H groups in total. The molecule has 0 aliphatic carbocycles. The quantitative estimate of drug-likeness (QED) is 0.618. The number of aromatic nitrogens is 1. The Balaban J connectivity index is 2.83. The van der Waals surface area contributed by atoms with Crippen LogP contribution < -0.4 is 5.73 Å². The zero-order valence-electron chi connectivity index (χ0n) is 8.18. The van der Waals surface area contributed by atoms with Gasteiger partial charge in [-0.1, -0.05) is 0 Å². The van der Waals surface area contributed by atoms with E-state index in [1.54, 1.807) is 0 Å². The molecule has 2 aromatic rings. The first-order valence-electron chi connectivity index (χ1n) is 4.55. The molecule has 0 radical (unpaired) electrons. The maximum Gasteiger partial charge on any atom is 0.292 e. The molecular formula is C10H8FN3O2. The van der Waals surface area contributed by atoms with Gasteiger partial charge in [-0.25, -0.2) is 9.37 Å². The van der Waals surface area contributed by atoms with Crippen LogP contribution in [0.5, 0.6) is 0 Å².